The number of quaternary nitrogens is 2. The highest BCUT2D eigenvalue weighted by atomic mass is 127. The summed E-state index contributed by atoms with van der Waals surface area (Å²) in [4.78, 5) is 19.6. The number of aldehydes is 1. The van der Waals surface area contributed by atoms with Crippen LogP contribution in [-0.2, 0) is 14.5 Å². The van der Waals surface area contributed by atoms with Crippen molar-refractivity contribution in [2.24, 2.45) is 11.1 Å². The Labute approximate surface area is 345 Å². The highest BCUT2D eigenvalue weighted by molar-refractivity contribution is 5.70. The lowest BCUT2D eigenvalue weighted by molar-refractivity contribution is -0.910. The molecule has 3 unspecified atom stereocenters. The fourth-order valence-corrected chi connectivity index (χ4v) is 4.47. The van der Waals surface area contributed by atoms with Crippen LogP contribution in [0.2, 0.25) is 0 Å². The van der Waals surface area contributed by atoms with E-state index >= 15 is 0 Å². The quantitative estimate of drug-likeness (QED) is 0.00613. The van der Waals surface area contributed by atoms with Gasteiger partial charge in [0.15, 0.2) is 6.61 Å². The van der Waals surface area contributed by atoms with Crippen molar-refractivity contribution in [1.82, 2.24) is 5.48 Å². The van der Waals surface area contributed by atoms with Crippen molar-refractivity contribution in [3.05, 3.63) is 36.5 Å². The van der Waals surface area contributed by atoms with Crippen molar-refractivity contribution < 1.29 is 77.9 Å². The molecule has 0 saturated heterocycles. The van der Waals surface area contributed by atoms with E-state index in [2.05, 4.69) is 64.4 Å². The van der Waals surface area contributed by atoms with Crippen molar-refractivity contribution in [3.8, 4) is 0 Å². The lowest BCUT2D eigenvalue weighted by Gasteiger charge is -2.28. The lowest BCUT2D eigenvalue weighted by Crippen LogP contribution is -3.00. The van der Waals surface area contributed by atoms with Gasteiger partial charge in [-0.05, 0) is 36.2 Å². The van der Waals surface area contributed by atoms with Gasteiger partial charge in [-0.3, -0.25) is 14.8 Å². The van der Waals surface area contributed by atoms with E-state index in [1.165, 1.54) is 12.2 Å². The molecule has 0 spiro atoms. The van der Waals surface area contributed by atoms with Gasteiger partial charge in [0.25, 0.3) is 0 Å². The number of nitrogens with zero attached hydrogens (tertiary/aromatic N) is 4. The first-order chi connectivity index (χ1) is 25.2. The molecular formula is C39H81IN6O8+2. The molecule has 15 heteroatoms. The third-order valence-electron chi connectivity index (χ3n) is 8.23. The maximum absolute atomic E-state index is 9.97. The number of allylic oxidation sites excluding steroid dienone is 3. The normalized spacial score (nSPS) is 14.0. The molecule has 14 nitrogen and oxygen atoms in total. The zero-order valence-electron chi connectivity index (χ0n) is 34.8. The number of aliphatic hydroxyl groups excluding tert-OH is 3. The lowest BCUT2D eigenvalue weighted by atomic mass is 10.1. The van der Waals surface area contributed by atoms with E-state index in [0.29, 0.717) is 37.1 Å². The predicted molar refractivity (Wildman–Crippen MR) is 215 cm³/mol. The minimum absolute atomic E-state index is 0. The van der Waals surface area contributed by atoms with E-state index in [1.807, 2.05) is 0 Å². The van der Waals surface area contributed by atoms with E-state index in [9.17, 15) is 20.2 Å². The summed E-state index contributed by atoms with van der Waals surface area (Å²) >= 11 is 0. The molecule has 0 aliphatic heterocycles. The number of halogens is 1. The van der Waals surface area contributed by atoms with Crippen LogP contribution in [0, 0.1) is 0 Å². The Kier molecular flexibility index (Phi) is 46.2. The fraction of sp³-hybridized carbons (Fsp3) is 0.769. The van der Waals surface area contributed by atoms with Crippen LogP contribution < -0.4 is 35.4 Å². The number of oxime groups is 1. The summed E-state index contributed by atoms with van der Waals surface area (Å²) in [6, 6.07) is 0. The molecule has 0 bridgehead atoms. The molecular weight excluding hydrogens is 807 g/mol. The second-order valence-corrected chi connectivity index (χ2v) is 14.4. The number of carbonyl (C=O) groups is 1. The minimum atomic E-state index is -0.458. The third-order valence-corrected chi connectivity index (χ3v) is 8.23. The topological polar surface area (TPSA) is 190 Å². The number of likely N-dealkylation sites (N-methyl/N-ethyl adjacent to an activating group) is 2. The number of hydrogen-bond donors (Lipinski definition) is 7. The van der Waals surface area contributed by atoms with Gasteiger partial charge in [0, 0.05) is 6.08 Å². The van der Waals surface area contributed by atoms with Crippen LogP contribution in [0.15, 0.2) is 41.6 Å². The van der Waals surface area contributed by atoms with Crippen LogP contribution in [0.3, 0.4) is 0 Å². The van der Waals surface area contributed by atoms with Crippen LogP contribution in [0.5, 0.6) is 0 Å². The highest BCUT2D eigenvalue weighted by Crippen LogP contribution is 2.05. The third kappa shape index (κ3) is 48.2. The zero-order chi connectivity index (χ0) is 40.6. The molecule has 0 saturated carbocycles. The van der Waals surface area contributed by atoms with E-state index in [1.54, 1.807) is 36.7 Å². The van der Waals surface area contributed by atoms with Crippen LogP contribution >= 0.6 is 0 Å². The second-order valence-electron chi connectivity index (χ2n) is 14.4. The Morgan fingerprint density at radius 1 is 0.722 bits per heavy atom. The zero-order valence-corrected chi connectivity index (χ0v) is 36.9. The van der Waals surface area contributed by atoms with Gasteiger partial charge in [0.2, 0.25) is 12.8 Å². The number of aliphatic hydroxyl groups is 3. The molecule has 0 aromatic rings. The van der Waals surface area contributed by atoms with E-state index in [0.717, 1.165) is 112 Å². The second kappa shape index (κ2) is 42.3. The van der Waals surface area contributed by atoms with Gasteiger partial charge in [-0.15, -0.1) is 0 Å². The van der Waals surface area contributed by atoms with Crippen molar-refractivity contribution >= 4 is 18.7 Å². The summed E-state index contributed by atoms with van der Waals surface area (Å²) < 4.78 is 2.60. The summed E-state index contributed by atoms with van der Waals surface area (Å²) in [6.45, 7) is 11.6. The Bertz CT molecular complexity index is 957. The average molecular weight is 889 g/mol. The Morgan fingerprint density at radius 3 is 1.65 bits per heavy atom. The van der Waals surface area contributed by atoms with Crippen molar-refractivity contribution in [3.63, 3.8) is 0 Å². The van der Waals surface area contributed by atoms with Gasteiger partial charge in [0.1, 0.15) is 32.5 Å². The predicted octanol–water partition coefficient (Wildman–Crippen LogP) is 1.15. The summed E-state index contributed by atoms with van der Waals surface area (Å²) in [5.41, 5.74) is 2.11. The number of rotatable bonds is 31. The fourth-order valence-electron chi connectivity index (χ4n) is 4.47. The van der Waals surface area contributed by atoms with Gasteiger partial charge in [-0.1, -0.05) is 102 Å². The molecule has 0 aliphatic rings. The smallest absolute Gasteiger partial charge is 0.241 e. The molecule has 0 fully saturated rings. The van der Waals surface area contributed by atoms with Crippen molar-refractivity contribution in [2.75, 3.05) is 80.7 Å². The molecule has 8 N–H and O–H groups in total. The highest BCUT2D eigenvalue weighted by Gasteiger charge is 2.18. The van der Waals surface area contributed by atoms with Crippen LogP contribution in [0.1, 0.15) is 97.8 Å². The molecule has 0 heterocycles. The number of hydrogen-bond acceptors (Lipinski definition) is 11. The first kappa shape index (κ1) is 58.9. The number of hydroxylamine groups is 2. The Hall–Kier alpha value is -1.80. The van der Waals surface area contributed by atoms with Gasteiger partial charge in [0.05, 0.1) is 65.8 Å². The molecule has 0 aromatic heterocycles. The van der Waals surface area contributed by atoms with Crippen LogP contribution in [-0.4, -0.2) is 157 Å². The summed E-state index contributed by atoms with van der Waals surface area (Å²) in [7, 11) is 8.24. The summed E-state index contributed by atoms with van der Waals surface area (Å²) in [5.74, 6) is 4.89. The Balaban J connectivity index is -0.000000442. The molecule has 54 heavy (non-hydrogen) atoms. The number of carbonyl (C=O) groups excluding carboxylic acids is 1. The molecule has 0 aliphatic carbocycles. The van der Waals surface area contributed by atoms with E-state index in [-0.39, 0.29) is 24.0 Å². The average Bonchev–Trinajstić information content (AvgIpc) is 3.12. The maximum atomic E-state index is 9.97. The number of unbranched alkanes of at least 4 members (excludes halogenated alkanes) is 6. The largest absolute Gasteiger partial charge is 1.00 e. The number of nitrogens with two attached hydrogens (primary N) is 1. The Morgan fingerprint density at radius 2 is 1.19 bits per heavy atom. The van der Waals surface area contributed by atoms with Gasteiger partial charge in [-0.25, -0.2) is 5.90 Å². The van der Waals surface area contributed by atoms with E-state index < -0.39 is 18.3 Å². The van der Waals surface area contributed by atoms with Gasteiger partial charge < -0.3 is 58.3 Å². The molecule has 0 amide bonds. The maximum Gasteiger partial charge on any atom is 0.241 e. The molecule has 0 radical (unpaired) electrons. The minimum Gasteiger partial charge on any atom is -1.00 e. The first-order valence-corrected chi connectivity index (χ1v) is 19.5. The SMILES string of the molecule is CCCCCC(O)/C=C/C=N\OCC[N+](C)(C)CC/[N+](O)=C/C=C/C(O)CCCCC.CCCCCC(O)/C=C/C=O.C[N+](C)(CCNO)CCON.[I-]. The first-order valence-electron chi connectivity index (χ1n) is 19.5. The van der Waals surface area contributed by atoms with Gasteiger partial charge in [-0.2, -0.15) is 5.48 Å². The van der Waals surface area contributed by atoms with E-state index in [4.69, 9.17) is 21.0 Å². The summed E-state index contributed by atoms with van der Waals surface area (Å²) in [6.07, 6.45) is 24.4. The molecule has 0 aromatic carbocycles. The monoisotopic (exact) mass is 889 g/mol. The van der Waals surface area contributed by atoms with Gasteiger partial charge >= 0.3 is 0 Å². The van der Waals surface area contributed by atoms with Crippen LogP contribution in [0.4, 0.5) is 0 Å². The molecule has 3 atom stereocenters. The van der Waals surface area contributed by atoms with Crippen molar-refractivity contribution in [2.45, 2.75) is 116 Å². The molecule has 320 valence electrons. The number of nitrogens with one attached hydrogen (secondary N) is 1. The summed E-state index contributed by atoms with van der Waals surface area (Å²) in [5, 5.41) is 51.0. The van der Waals surface area contributed by atoms with Crippen molar-refractivity contribution in [1.29, 1.82) is 0 Å². The molecule has 0 rings (SSSR count). The standard InChI is InChI=1S/C24H47N3O4.C9H16O2.C6H18N3O2.HI/c1-5-7-9-13-23(28)15-11-17-25-31-22-21-27(3,4)20-19-26(30)18-12-16-24(29)14-10-8-6-2;1-2-3-4-6-9(11)7-5-8-10;1-9(2,4-3-8-10)5-6-11-7;/h11-12,15-18,23-24,28-30H,5-10,13-14,19-22H2,1-4H3;5,7-9,11H,2-4,6H2,1H3;8,10H,3-7H2,1-2H3;1H/q+2;;+1;/p-1/b15-11+,16-12+,25-17-,26-18-;7-5+;;. The van der Waals surface area contributed by atoms with Crippen LogP contribution in [0.25, 0.3) is 0 Å².